The van der Waals surface area contributed by atoms with Crippen molar-refractivity contribution in [3.63, 3.8) is 0 Å². The Morgan fingerprint density at radius 1 is 0.636 bits per heavy atom. The zero-order chi connectivity index (χ0) is 9.00. The second-order valence-electron chi connectivity index (χ2n) is 1.03. The van der Waals surface area contributed by atoms with Gasteiger partial charge in [-0.3, -0.25) is 0 Å². The molecule has 11 heavy (non-hydrogen) atoms. The minimum atomic E-state index is -3.81. The van der Waals surface area contributed by atoms with E-state index < -0.39 is 13.4 Å². The van der Waals surface area contributed by atoms with Crippen LogP contribution in [0.4, 0.5) is 0 Å². The van der Waals surface area contributed by atoms with Crippen molar-refractivity contribution in [3.05, 3.63) is 0 Å². The molecule has 6 N–H and O–H groups in total. The summed E-state index contributed by atoms with van der Waals surface area (Å²) in [7, 11) is 0. The summed E-state index contributed by atoms with van der Waals surface area (Å²) in [5.41, 5.74) is 0. The Balaban J connectivity index is -0.000000107. The van der Waals surface area contributed by atoms with E-state index in [-0.39, 0.29) is 21.1 Å². The minimum absolute atomic E-state index is 0. The van der Waals surface area contributed by atoms with E-state index in [1.807, 2.05) is 0 Å². The molecule has 0 atom stereocenters. The summed E-state index contributed by atoms with van der Waals surface area (Å²) >= 11 is 7.21. The van der Waals surface area contributed by atoms with Crippen LogP contribution in [0.3, 0.4) is 0 Å². The standard InChI is InChI=1S/Mo.2H3O3PS/c;2*1-4(2,3)5/h;2*(H3,1,2,3,5). The average molecular weight is 324 g/mol. The molecule has 0 saturated heterocycles. The molecule has 0 saturated carbocycles. The number of rotatable bonds is 0. The third kappa shape index (κ3) is 365. The molecule has 0 aliphatic heterocycles. The molecule has 0 aliphatic rings. The van der Waals surface area contributed by atoms with E-state index in [4.69, 9.17) is 29.4 Å². The maximum absolute atomic E-state index is 7.56. The smallest absolute Gasteiger partial charge is 0.319 e. The van der Waals surface area contributed by atoms with Crippen molar-refractivity contribution in [2.24, 2.45) is 0 Å². The van der Waals surface area contributed by atoms with E-state index in [0.717, 1.165) is 0 Å². The monoisotopic (exact) mass is 326 g/mol. The first-order valence-electron chi connectivity index (χ1n) is 1.57. The molecule has 0 spiro atoms. The predicted molar refractivity (Wildman–Crippen MR) is 41.9 cm³/mol. The Kier molecular flexibility index (Phi) is 12.1. The number of hydrogen-bond acceptors (Lipinski definition) is 2. The van der Waals surface area contributed by atoms with Gasteiger partial charge in [-0.1, -0.05) is 0 Å². The Labute approximate surface area is 87.3 Å². The van der Waals surface area contributed by atoms with Gasteiger partial charge >= 0.3 is 13.4 Å². The molecule has 0 aliphatic carbocycles. The predicted octanol–water partition coefficient (Wildman–Crippen LogP) is -1.63. The molecule has 0 aromatic heterocycles. The van der Waals surface area contributed by atoms with Gasteiger partial charge in [0, 0.05) is 21.1 Å². The SMILES string of the molecule is OP(O)(O)=S.OP(O)(O)=S.[Mo]. The normalized spacial score (nSPS) is 10.7. The van der Waals surface area contributed by atoms with Gasteiger partial charge in [0.2, 0.25) is 0 Å². The van der Waals surface area contributed by atoms with Crippen LogP contribution in [0.1, 0.15) is 0 Å². The van der Waals surface area contributed by atoms with Gasteiger partial charge in [-0.25, -0.2) is 0 Å². The van der Waals surface area contributed by atoms with Crippen molar-refractivity contribution >= 4 is 37.1 Å². The van der Waals surface area contributed by atoms with Gasteiger partial charge in [0.25, 0.3) is 0 Å². The summed E-state index contributed by atoms with van der Waals surface area (Å²) in [6.07, 6.45) is 0. The van der Waals surface area contributed by atoms with E-state index in [1.54, 1.807) is 0 Å². The van der Waals surface area contributed by atoms with Crippen LogP contribution in [-0.4, -0.2) is 29.4 Å². The van der Waals surface area contributed by atoms with Gasteiger partial charge in [-0.05, 0) is 23.6 Å². The summed E-state index contributed by atoms with van der Waals surface area (Å²) in [5.74, 6) is 0. The van der Waals surface area contributed by atoms with E-state index in [1.165, 1.54) is 0 Å². The van der Waals surface area contributed by atoms with Gasteiger partial charge in [-0.15, -0.1) is 0 Å². The number of hydrogen-bond donors (Lipinski definition) is 6. The van der Waals surface area contributed by atoms with Gasteiger partial charge in [0.05, 0.1) is 0 Å². The largest absolute Gasteiger partial charge is 0.325 e. The Morgan fingerprint density at radius 3 is 0.636 bits per heavy atom. The van der Waals surface area contributed by atoms with E-state index in [0.29, 0.717) is 0 Å². The van der Waals surface area contributed by atoms with Crippen molar-refractivity contribution in [3.8, 4) is 0 Å². The van der Waals surface area contributed by atoms with Gasteiger partial charge in [0.1, 0.15) is 0 Å². The van der Waals surface area contributed by atoms with Crippen LogP contribution in [0, 0.1) is 0 Å². The first kappa shape index (κ1) is 18.5. The van der Waals surface area contributed by atoms with Crippen LogP contribution in [0.15, 0.2) is 0 Å². The molecule has 11 heteroatoms. The van der Waals surface area contributed by atoms with Crippen molar-refractivity contribution in [2.45, 2.75) is 0 Å². The van der Waals surface area contributed by atoms with E-state index in [9.17, 15) is 0 Å². The maximum atomic E-state index is 7.56. The molecule has 70 valence electrons. The second-order valence-corrected chi connectivity index (χ2v) is 6.02. The molecule has 0 aromatic carbocycles. The van der Waals surface area contributed by atoms with E-state index in [2.05, 4.69) is 23.6 Å². The van der Waals surface area contributed by atoms with Crippen molar-refractivity contribution in [1.82, 2.24) is 0 Å². The first-order valence-corrected chi connectivity index (χ1v) is 6.89. The zero-order valence-electron chi connectivity index (χ0n) is 4.80. The van der Waals surface area contributed by atoms with E-state index >= 15 is 0 Å². The third-order valence-electron chi connectivity index (χ3n) is 0. The maximum Gasteiger partial charge on any atom is 0.319 e. The molecule has 0 fully saturated rings. The summed E-state index contributed by atoms with van der Waals surface area (Å²) in [6.45, 7) is -7.61. The fraction of sp³-hybridized carbons (Fsp3) is 0. The molecule has 0 radical (unpaired) electrons. The Hall–Kier alpha value is 1.75. The molecule has 0 rings (SSSR count). The quantitative estimate of drug-likeness (QED) is 0.232. The van der Waals surface area contributed by atoms with Crippen LogP contribution < -0.4 is 0 Å². The topological polar surface area (TPSA) is 121 Å². The summed E-state index contributed by atoms with van der Waals surface area (Å²) in [5, 5.41) is 0. The van der Waals surface area contributed by atoms with Gasteiger partial charge < -0.3 is 29.4 Å². The Morgan fingerprint density at radius 2 is 0.636 bits per heavy atom. The molecule has 0 unspecified atom stereocenters. The molecule has 0 bridgehead atoms. The van der Waals surface area contributed by atoms with Crippen molar-refractivity contribution in [2.75, 3.05) is 0 Å². The minimum Gasteiger partial charge on any atom is -0.325 e. The Bertz CT molecular complexity index is 131. The summed E-state index contributed by atoms with van der Waals surface area (Å²) < 4.78 is 0. The second kappa shape index (κ2) is 7.18. The molecule has 6 nitrogen and oxygen atoms in total. The fourth-order valence-corrected chi connectivity index (χ4v) is 0. The molecular weight excluding hydrogens is 318 g/mol. The molecular formula is H6MoO6P2S2. The zero-order valence-corrected chi connectivity index (χ0v) is 10.2. The average Bonchev–Trinajstić information content (AvgIpc) is 1.12. The van der Waals surface area contributed by atoms with Crippen LogP contribution in [0.5, 0.6) is 0 Å². The van der Waals surface area contributed by atoms with Crippen LogP contribution in [0.25, 0.3) is 0 Å². The van der Waals surface area contributed by atoms with Crippen LogP contribution in [0.2, 0.25) is 0 Å². The van der Waals surface area contributed by atoms with Crippen molar-refractivity contribution in [1.29, 1.82) is 0 Å². The first-order chi connectivity index (χ1) is 4.00. The summed E-state index contributed by atoms with van der Waals surface area (Å²) in [4.78, 5) is 45.3. The third-order valence-corrected chi connectivity index (χ3v) is 0. The van der Waals surface area contributed by atoms with Crippen LogP contribution >= 0.6 is 13.4 Å². The molecule has 0 heterocycles. The van der Waals surface area contributed by atoms with Crippen LogP contribution in [-0.2, 0) is 44.7 Å². The fourth-order valence-electron chi connectivity index (χ4n) is 0. The molecule has 0 amide bonds. The van der Waals surface area contributed by atoms with Crippen molar-refractivity contribution < 1.29 is 50.4 Å². The molecule has 0 aromatic rings. The van der Waals surface area contributed by atoms with Gasteiger partial charge in [0.15, 0.2) is 0 Å². The van der Waals surface area contributed by atoms with Gasteiger partial charge in [-0.2, -0.15) is 0 Å². The summed E-state index contributed by atoms with van der Waals surface area (Å²) in [6, 6.07) is 0.